The van der Waals surface area contributed by atoms with Crippen molar-refractivity contribution in [2.45, 2.75) is 31.9 Å². The number of aryl methyl sites for hydroxylation is 2. The van der Waals surface area contributed by atoms with Gasteiger partial charge in [-0.05, 0) is 37.9 Å². The van der Waals surface area contributed by atoms with Crippen molar-refractivity contribution < 1.29 is 9.84 Å². The highest BCUT2D eigenvalue weighted by atomic mass is 16.5. The van der Waals surface area contributed by atoms with Crippen LogP contribution < -0.4 is 4.74 Å². The first kappa shape index (κ1) is 16.0. The second-order valence-electron chi connectivity index (χ2n) is 6.33. The molecule has 23 heavy (non-hydrogen) atoms. The summed E-state index contributed by atoms with van der Waals surface area (Å²) in [6, 6.07) is 8.25. The Morgan fingerprint density at radius 2 is 2.22 bits per heavy atom. The van der Waals surface area contributed by atoms with Crippen LogP contribution in [0.3, 0.4) is 0 Å². The molecule has 1 aromatic heterocycles. The minimum absolute atomic E-state index is 0.321. The van der Waals surface area contributed by atoms with Gasteiger partial charge in [0.05, 0.1) is 6.20 Å². The van der Waals surface area contributed by atoms with Crippen LogP contribution >= 0.6 is 0 Å². The largest absolute Gasteiger partial charge is 0.491 e. The third-order valence-electron chi connectivity index (χ3n) is 4.44. The van der Waals surface area contributed by atoms with E-state index in [1.54, 1.807) is 0 Å². The molecule has 2 atom stereocenters. The molecule has 0 spiro atoms. The third-order valence-corrected chi connectivity index (χ3v) is 4.44. The van der Waals surface area contributed by atoms with E-state index >= 15 is 0 Å². The number of hydrogen-bond donors (Lipinski definition) is 1. The van der Waals surface area contributed by atoms with Crippen molar-refractivity contribution in [1.29, 1.82) is 0 Å². The molecule has 124 valence electrons. The van der Waals surface area contributed by atoms with Crippen LogP contribution in [-0.4, -0.2) is 45.6 Å². The van der Waals surface area contributed by atoms with Crippen molar-refractivity contribution in [1.82, 2.24) is 14.7 Å². The lowest BCUT2D eigenvalue weighted by Crippen LogP contribution is -2.35. The minimum atomic E-state index is -0.494. The molecule has 5 nitrogen and oxygen atoms in total. The second-order valence-corrected chi connectivity index (χ2v) is 6.33. The highest BCUT2D eigenvalue weighted by Crippen LogP contribution is 2.31. The zero-order valence-electron chi connectivity index (χ0n) is 13.9. The topological polar surface area (TPSA) is 50.5 Å². The van der Waals surface area contributed by atoms with E-state index in [1.807, 2.05) is 49.1 Å². The molecule has 3 rings (SSSR count). The highest BCUT2D eigenvalue weighted by molar-refractivity contribution is 5.31. The number of likely N-dealkylation sites (tertiary alicyclic amines) is 1. The summed E-state index contributed by atoms with van der Waals surface area (Å²) in [5.74, 6) is 0.844. The normalized spacial score (nSPS) is 19.9. The molecule has 0 aliphatic carbocycles. The molecule has 0 saturated carbocycles. The van der Waals surface area contributed by atoms with Gasteiger partial charge < -0.3 is 9.84 Å². The molecule has 1 aromatic carbocycles. The summed E-state index contributed by atoms with van der Waals surface area (Å²) < 4.78 is 7.60. The van der Waals surface area contributed by atoms with Crippen LogP contribution in [0.5, 0.6) is 5.75 Å². The molecule has 0 bridgehead atoms. The molecule has 1 aliphatic heterocycles. The van der Waals surface area contributed by atoms with Gasteiger partial charge in [0.15, 0.2) is 0 Å². The van der Waals surface area contributed by atoms with Crippen molar-refractivity contribution in [3.63, 3.8) is 0 Å². The average molecular weight is 315 g/mol. The summed E-state index contributed by atoms with van der Waals surface area (Å²) in [7, 11) is 1.94. The van der Waals surface area contributed by atoms with E-state index in [0.717, 1.165) is 30.7 Å². The molecule has 1 N–H and O–H groups in total. The number of aromatic nitrogens is 2. The van der Waals surface area contributed by atoms with E-state index in [0.29, 0.717) is 19.2 Å². The van der Waals surface area contributed by atoms with Crippen LogP contribution in [0, 0.1) is 6.92 Å². The van der Waals surface area contributed by atoms with Crippen LogP contribution in [0.15, 0.2) is 36.7 Å². The first-order valence-electron chi connectivity index (χ1n) is 8.22. The van der Waals surface area contributed by atoms with E-state index in [2.05, 4.69) is 16.2 Å². The van der Waals surface area contributed by atoms with Crippen molar-refractivity contribution in [3.8, 4) is 5.75 Å². The van der Waals surface area contributed by atoms with Crippen molar-refractivity contribution in [2.75, 3.05) is 19.7 Å². The molecule has 1 aliphatic rings. The van der Waals surface area contributed by atoms with Crippen LogP contribution in [0.1, 0.15) is 30.0 Å². The Balaban J connectivity index is 1.54. The molecule has 0 amide bonds. The molecular weight excluding hydrogens is 290 g/mol. The number of nitrogens with zero attached hydrogens (tertiary/aromatic N) is 3. The number of hydrogen-bond acceptors (Lipinski definition) is 4. The lowest BCUT2D eigenvalue weighted by atomic mass is 10.1. The standard InChI is InChI=1S/C18H25N3O2/c1-14-6-3-4-8-18(14)23-13-16(22)12-21-9-5-7-17(21)15-10-19-20(2)11-15/h3-4,6,8,10-11,16-17,22H,5,7,9,12-13H2,1-2H3/t16-,17-/m1/s1. The molecule has 2 heterocycles. The SMILES string of the molecule is Cc1ccccc1OC[C@H](O)CN1CCC[C@@H]1c1cnn(C)c1. The Hall–Kier alpha value is -1.85. The predicted octanol–water partition coefficient (Wildman–Crippen LogP) is 2.31. The Labute approximate surface area is 137 Å². The fourth-order valence-electron chi connectivity index (χ4n) is 3.26. The number of para-hydroxylation sites is 1. The number of rotatable bonds is 6. The fraction of sp³-hybridized carbons (Fsp3) is 0.500. The first-order chi connectivity index (χ1) is 11.1. The van der Waals surface area contributed by atoms with Crippen molar-refractivity contribution in [2.24, 2.45) is 7.05 Å². The third kappa shape index (κ3) is 3.92. The summed E-state index contributed by atoms with van der Waals surface area (Å²) in [6.07, 6.45) is 5.78. The average Bonchev–Trinajstić information content (AvgIpc) is 3.15. The van der Waals surface area contributed by atoms with Gasteiger partial charge in [0, 0.05) is 31.4 Å². The number of β-amino-alcohol motifs (C(OH)–C–C–N with tert-alkyl or cyclic N) is 1. The zero-order chi connectivity index (χ0) is 16.2. The predicted molar refractivity (Wildman–Crippen MR) is 89.4 cm³/mol. The van der Waals surface area contributed by atoms with Crippen molar-refractivity contribution in [3.05, 3.63) is 47.8 Å². The van der Waals surface area contributed by atoms with E-state index in [1.165, 1.54) is 5.56 Å². The summed E-state index contributed by atoms with van der Waals surface area (Å²) >= 11 is 0. The van der Waals surface area contributed by atoms with E-state index in [4.69, 9.17) is 4.74 Å². The smallest absolute Gasteiger partial charge is 0.122 e. The van der Waals surface area contributed by atoms with Gasteiger partial charge in [-0.25, -0.2) is 0 Å². The first-order valence-corrected chi connectivity index (χ1v) is 8.22. The second kappa shape index (κ2) is 7.15. The maximum absolute atomic E-state index is 10.3. The minimum Gasteiger partial charge on any atom is -0.491 e. The van der Waals surface area contributed by atoms with Crippen LogP contribution in [0.4, 0.5) is 0 Å². The van der Waals surface area contributed by atoms with E-state index in [-0.39, 0.29) is 0 Å². The quantitative estimate of drug-likeness (QED) is 0.889. The fourth-order valence-corrected chi connectivity index (χ4v) is 3.26. The van der Waals surface area contributed by atoms with Crippen LogP contribution in [0.2, 0.25) is 0 Å². The highest BCUT2D eigenvalue weighted by Gasteiger charge is 2.28. The Bertz CT molecular complexity index is 641. The van der Waals surface area contributed by atoms with Gasteiger partial charge in [0.1, 0.15) is 18.5 Å². The maximum atomic E-state index is 10.3. The van der Waals surface area contributed by atoms with Crippen LogP contribution in [0.25, 0.3) is 0 Å². The number of aliphatic hydroxyl groups excluding tert-OH is 1. The lowest BCUT2D eigenvalue weighted by molar-refractivity contribution is 0.0636. The summed E-state index contributed by atoms with van der Waals surface area (Å²) in [5.41, 5.74) is 2.33. The molecular formula is C18H25N3O2. The van der Waals surface area contributed by atoms with Gasteiger partial charge in [-0.15, -0.1) is 0 Å². The molecule has 5 heteroatoms. The van der Waals surface area contributed by atoms with Crippen molar-refractivity contribution >= 4 is 0 Å². The Morgan fingerprint density at radius 1 is 1.39 bits per heavy atom. The summed E-state index contributed by atoms with van der Waals surface area (Å²) in [5, 5.41) is 14.6. The van der Waals surface area contributed by atoms with Gasteiger partial charge in [-0.2, -0.15) is 5.10 Å². The Kier molecular flexibility index (Phi) is 4.98. The van der Waals surface area contributed by atoms with Gasteiger partial charge in [0.2, 0.25) is 0 Å². The monoisotopic (exact) mass is 315 g/mol. The maximum Gasteiger partial charge on any atom is 0.122 e. The molecule has 0 radical (unpaired) electrons. The molecule has 2 aromatic rings. The van der Waals surface area contributed by atoms with Gasteiger partial charge in [-0.1, -0.05) is 18.2 Å². The number of benzene rings is 1. The molecule has 0 unspecified atom stereocenters. The van der Waals surface area contributed by atoms with E-state index in [9.17, 15) is 5.11 Å². The van der Waals surface area contributed by atoms with Gasteiger partial charge in [-0.3, -0.25) is 9.58 Å². The van der Waals surface area contributed by atoms with Crippen LogP contribution in [-0.2, 0) is 7.05 Å². The van der Waals surface area contributed by atoms with Gasteiger partial charge in [0.25, 0.3) is 0 Å². The molecule has 1 fully saturated rings. The lowest BCUT2D eigenvalue weighted by Gasteiger charge is -2.26. The van der Waals surface area contributed by atoms with Gasteiger partial charge >= 0.3 is 0 Å². The Morgan fingerprint density at radius 3 is 2.96 bits per heavy atom. The number of ether oxygens (including phenoxy) is 1. The number of aliphatic hydroxyl groups is 1. The summed E-state index contributed by atoms with van der Waals surface area (Å²) in [4.78, 5) is 2.34. The summed E-state index contributed by atoms with van der Waals surface area (Å²) in [6.45, 7) is 3.98. The zero-order valence-corrected chi connectivity index (χ0v) is 13.9. The molecule has 1 saturated heterocycles. The van der Waals surface area contributed by atoms with E-state index < -0.39 is 6.10 Å².